The van der Waals surface area contributed by atoms with Crippen LogP contribution in [0, 0.1) is 0 Å². The van der Waals surface area contributed by atoms with Crippen LogP contribution in [0.1, 0.15) is 5.01 Å². The van der Waals surface area contributed by atoms with Gasteiger partial charge in [0.25, 0.3) is 0 Å². The number of thiazole rings is 1. The van der Waals surface area contributed by atoms with Crippen LogP contribution in [0.4, 0.5) is 5.69 Å². The number of nitrogens with one attached hydrogen (secondary N) is 1. The molecular weight excluding hydrogens is 282 g/mol. The molecule has 19 heavy (non-hydrogen) atoms. The Morgan fingerprint density at radius 3 is 2.53 bits per heavy atom. The van der Waals surface area contributed by atoms with E-state index in [-0.39, 0.29) is 0 Å². The maximum absolute atomic E-state index is 5.83. The molecule has 0 unspecified atom stereocenters. The van der Waals surface area contributed by atoms with Gasteiger partial charge >= 0.3 is 0 Å². The quantitative estimate of drug-likeness (QED) is 0.803. The summed E-state index contributed by atoms with van der Waals surface area (Å²) in [5.41, 5.74) is 1.94. The third kappa shape index (κ3) is 2.91. The van der Waals surface area contributed by atoms with Gasteiger partial charge < -0.3 is 5.32 Å². The number of nitrogens with zero attached hydrogens (tertiary/aromatic N) is 4. The Morgan fingerprint density at radius 2 is 1.89 bits per heavy atom. The lowest BCUT2D eigenvalue weighted by atomic mass is 10.3. The van der Waals surface area contributed by atoms with Crippen molar-refractivity contribution in [1.82, 2.24) is 20.0 Å². The summed E-state index contributed by atoms with van der Waals surface area (Å²) in [5.74, 6) is 0. The first-order valence-electron chi connectivity index (χ1n) is 5.62. The van der Waals surface area contributed by atoms with Crippen molar-refractivity contribution in [3.05, 3.63) is 52.2 Å². The highest BCUT2D eigenvalue weighted by atomic mass is 35.5. The van der Waals surface area contributed by atoms with Crippen LogP contribution >= 0.6 is 22.9 Å². The van der Waals surface area contributed by atoms with Gasteiger partial charge in [-0.25, -0.2) is 4.98 Å². The van der Waals surface area contributed by atoms with Gasteiger partial charge in [-0.3, -0.25) is 0 Å². The SMILES string of the molecule is Clc1cnc(CNc2ccc(-n3nccn3)cc2)s1. The smallest absolute Gasteiger partial charge is 0.113 e. The van der Waals surface area contributed by atoms with Crippen LogP contribution in [0.25, 0.3) is 5.69 Å². The Hall–Kier alpha value is -1.92. The van der Waals surface area contributed by atoms with Crippen molar-refractivity contribution in [1.29, 1.82) is 0 Å². The van der Waals surface area contributed by atoms with E-state index >= 15 is 0 Å². The molecule has 0 radical (unpaired) electrons. The highest BCUT2D eigenvalue weighted by Gasteiger charge is 2.01. The van der Waals surface area contributed by atoms with Crippen LogP contribution in [0.5, 0.6) is 0 Å². The van der Waals surface area contributed by atoms with E-state index in [1.807, 2.05) is 24.3 Å². The zero-order chi connectivity index (χ0) is 13.1. The summed E-state index contributed by atoms with van der Waals surface area (Å²) in [6.45, 7) is 0.663. The standard InChI is InChI=1S/C12H10ClN5S/c13-11-7-15-12(19-11)8-14-9-1-3-10(4-2-9)18-16-5-6-17-18/h1-7,14H,8H2. The lowest BCUT2D eigenvalue weighted by molar-refractivity contribution is 0.752. The van der Waals surface area contributed by atoms with Crippen molar-refractivity contribution >= 4 is 28.6 Å². The highest BCUT2D eigenvalue weighted by molar-refractivity contribution is 7.15. The fourth-order valence-corrected chi connectivity index (χ4v) is 2.51. The fraction of sp³-hybridized carbons (Fsp3) is 0.0833. The van der Waals surface area contributed by atoms with Crippen LogP contribution in [0.3, 0.4) is 0 Å². The molecule has 0 aliphatic carbocycles. The molecule has 3 rings (SSSR count). The Balaban J connectivity index is 1.66. The number of hydrogen-bond acceptors (Lipinski definition) is 5. The van der Waals surface area contributed by atoms with Crippen molar-refractivity contribution in [2.24, 2.45) is 0 Å². The summed E-state index contributed by atoms with van der Waals surface area (Å²) in [4.78, 5) is 5.76. The molecule has 3 aromatic rings. The average Bonchev–Trinajstić information content (AvgIpc) is 3.08. The molecule has 2 heterocycles. The van der Waals surface area contributed by atoms with Gasteiger partial charge in [-0.15, -0.1) is 11.3 Å². The molecule has 0 saturated heterocycles. The van der Waals surface area contributed by atoms with Crippen molar-refractivity contribution < 1.29 is 0 Å². The second kappa shape index (κ2) is 5.38. The fourth-order valence-electron chi connectivity index (χ4n) is 1.61. The summed E-state index contributed by atoms with van der Waals surface area (Å²) >= 11 is 7.31. The van der Waals surface area contributed by atoms with Crippen LogP contribution in [0.2, 0.25) is 4.34 Å². The number of rotatable bonds is 4. The lowest BCUT2D eigenvalue weighted by Crippen LogP contribution is -2.01. The third-order valence-corrected chi connectivity index (χ3v) is 3.60. The topological polar surface area (TPSA) is 55.6 Å². The zero-order valence-corrected chi connectivity index (χ0v) is 11.4. The van der Waals surface area contributed by atoms with E-state index in [9.17, 15) is 0 Å². The molecule has 0 saturated carbocycles. The van der Waals surface area contributed by atoms with Crippen LogP contribution in [-0.2, 0) is 6.54 Å². The molecule has 0 atom stereocenters. The molecule has 7 heteroatoms. The van der Waals surface area contributed by atoms with E-state index in [2.05, 4.69) is 20.5 Å². The first kappa shape index (κ1) is 12.1. The molecule has 0 amide bonds. The molecule has 96 valence electrons. The predicted molar refractivity (Wildman–Crippen MR) is 75.8 cm³/mol. The summed E-state index contributed by atoms with van der Waals surface area (Å²) in [6, 6.07) is 7.87. The van der Waals surface area contributed by atoms with E-state index in [0.29, 0.717) is 10.9 Å². The van der Waals surface area contributed by atoms with Gasteiger partial charge in [0.05, 0.1) is 30.8 Å². The van der Waals surface area contributed by atoms with Crippen molar-refractivity contribution in [2.45, 2.75) is 6.54 Å². The largest absolute Gasteiger partial charge is 0.379 e. The average molecular weight is 292 g/mol. The Bertz CT molecular complexity index is 647. The molecular formula is C12H10ClN5S. The minimum atomic E-state index is 0.663. The second-order valence-corrected chi connectivity index (χ2v) is 5.52. The molecule has 1 aromatic carbocycles. The molecule has 0 bridgehead atoms. The summed E-state index contributed by atoms with van der Waals surface area (Å²) < 4.78 is 0.705. The van der Waals surface area contributed by atoms with E-state index < -0.39 is 0 Å². The molecule has 5 nitrogen and oxygen atoms in total. The monoisotopic (exact) mass is 291 g/mol. The van der Waals surface area contributed by atoms with Crippen LogP contribution in [-0.4, -0.2) is 20.0 Å². The normalized spacial score (nSPS) is 10.6. The predicted octanol–water partition coefficient (Wildman–Crippen LogP) is 2.99. The van der Waals surface area contributed by atoms with Gasteiger partial charge in [-0.2, -0.15) is 15.0 Å². The van der Waals surface area contributed by atoms with Gasteiger partial charge in [-0.05, 0) is 24.3 Å². The number of halogens is 1. The number of aromatic nitrogens is 4. The van der Waals surface area contributed by atoms with Gasteiger partial charge in [-0.1, -0.05) is 11.6 Å². The zero-order valence-electron chi connectivity index (χ0n) is 9.82. The Morgan fingerprint density at radius 1 is 1.16 bits per heavy atom. The van der Waals surface area contributed by atoms with E-state index in [1.54, 1.807) is 23.4 Å². The summed E-state index contributed by atoms with van der Waals surface area (Å²) in [5, 5.41) is 12.4. The molecule has 2 aromatic heterocycles. The maximum atomic E-state index is 5.83. The molecule has 0 aliphatic heterocycles. The summed E-state index contributed by atoms with van der Waals surface area (Å²) in [6.07, 6.45) is 4.96. The highest BCUT2D eigenvalue weighted by Crippen LogP contribution is 2.19. The first-order valence-corrected chi connectivity index (χ1v) is 6.81. The molecule has 0 fully saturated rings. The minimum absolute atomic E-state index is 0.663. The minimum Gasteiger partial charge on any atom is -0.379 e. The van der Waals surface area contributed by atoms with Crippen LogP contribution < -0.4 is 5.32 Å². The van der Waals surface area contributed by atoms with Crippen molar-refractivity contribution in [3.63, 3.8) is 0 Å². The molecule has 0 aliphatic rings. The van der Waals surface area contributed by atoms with E-state index in [4.69, 9.17) is 11.6 Å². The number of anilines is 1. The second-order valence-electron chi connectivity index (χ2n) is 3.78. The van der Waals surface area contributed by atoms with Gasteiger partial charge in [0.1, 0.15) is 9.34 Å². The number of hydrogen-bond donors (Lipinski definition) is 1. The van der Waals surface area contributed by atoms with E-state index in [0.717, 1.165) is 16.4 Å². The Labute approximate surface area is 118 Å². The van der Waals surface area contributed by atoms with Crippen molar-refractivity contribution in [2.75, 3.05) is 5.32 Å². The third-order valence-electron chi connectivity index (χ3n) is 2.49. The van der Waals surface area contributed by atoms with Gasteiger partial charge in [0.15, 0.2) is 0 Å². The molecule has 1 N–H and O–H groups in total. The van der Waals surface area contributed by atoms with E-state index in [1.165, 1.54) is 11.3 Å². The summed E-state index contributed by atoms with van der Waals surface area (Å²) in [7, 11) is 0. The van der Waals surface area contributed by atoms with Crippen LogP contribution in [0.15, 0.2) is 42.9 Å². The lowest BCUT2D eigenvalue weighted by Gasteiger charge is -2.05. The van der Waals surface area contributed by atoms with Gasteiger partial charge in [0.2, 0.25) is 0 Å². The number of benzene rings is 1. The molecule has 0 spiro atoms. The first-order chi connectivity index (χ1) is 9.31. The van der Waals surface area contributed by atoms with Crippen molar-refractivity contribution in [3.8, 4) is 5.69 Å². The maximum Gasteiger partial charge on any atom is 0.113 e. The van der Waals surface area contributed by atoms with Gasteiger partial charge in [0, 0.05) is 5.69 Å². The Kier molecular flexibility index (Phi) is 3.43.